The van der Waals surface area contributed by atoms with Gasteiger partial charge in [0, 0.05) is 16.2 Å². The Morgan fingerprint density at radius 2 is 2.10 bits per heavy atom. The van der Waals surface area contributed by atoms with E-state index in [1.807, 2.05) is 6.92 Å². The number of hydrogen-bond acceptors (Lipinski definition) is 4. The number of halogens is 1. The molecule has 2 rings (SSSR count). The average Bonchev–Trinajstić information content (AvgIpc) is 2.35. The predicted molar refractivity (Wildman–Crippen MR) is 80.1 cm³/mol. The summed E-state index contributed by atoms with van der Waals surface area (Å²) in [6.45, 7) is 2.01. The first-order chi connectivity index (χ1) is 9.73. The van der Waals surface area contributed by atoms with E-state index < -0.39 is 9.05 Å². The SMILES string of the molecule is COc1ccc(CC(=O)NC2(C)CCC2)cc1S(=O)(=O)Cl. The zero-order valence-corrected chi connectivity index (χ0v) is 13.6. The fourth-order valence-electron chi connectivity index (χ4n) is 2.42. The lowest BCUT2D eigenvalue weighted by molar-refractivity contribution is -0.123. The van der Waals surface area contributed by atoms with Gasteiger partial charge in [-0.05, 0) is 43.9 Å². The molecule has 0 heterocycles. The first-order valence-electron chi connectivity index (χ1n) is 6.66. The van der Waals surface area contributed by atoms with Crippen molar-refractivity contribution in [2.75, 3.05) is 7.11 Å². The Balaban J connectivity index is 2.15. The van der Waals surface area contributed by atoms with E-state index in [4.69, 9.17) is 15.4 Å². The van der Waals surface area contributed by atoms with E-state index in [1.165, 1.54) is 19.2 Å². The minimum absolute atomic E-state index is 0.110. The van der Waals surface area contributed by atoms with E-state index in [1.54, 1.807) is 6.07 Å². The van der Waals surface area contributed by atoms with Gasteiger partial charge in [-0.3, -0.25) is 4.79 Å². The standard InChI is InChI=1S/C14H18ClNO4S/c1-14(6-3-7-14)16-13(17)9-10-4-5-11(20-2)12(8-10)21(15,18)19/h4-5,8H,3,6-7,9H2,1-2H3,(H,16,17). The Hall–Kier alpha value is -1.27. The molecular weight excluding hydrogens is 314 g/mol. The van der Waals surface area contributed by atoms with E-state index in [9.17, 15) is 13.2 Å². The van der Waals surface area contributed by atoms with E-state index in [2.05, 4.69) is 5.32 Å². The van der Waals surface area contributed by atoms with Crippen LogP contribution in [0.25, 0.3) is 0 Å². The molecule has 0 atom stereocenters. The van der Waals surface area contributed by atoms with E-state index in [0.717, 1.165) is 19.3 Å². The highest BCUT2D eigenvalue weighted by Crippen LogP contribution is 2.31. The number of ether oxygens (including phenoxy) is 1. The summed E-state index contributed by atoms with van der Waals surface area (Å²) in [5.41, 5.74) is 0.459. The van der Waals surface area contributed by atoms with Crippen molar-refractivity contribution in [1.29, 1.82) is 0 Å². The number of benzene rings is 1. The van der Waals surface area contributed by atoms with Gasteiger partial charge < -0.3 is 10.1 Å². The summed E-state index contributed by atoms with van der Waals surface area (Å²) >= 11 is 0. The van der Waals surface area contributed by atoms with Crippen molar-refractivity contribution < 1.29 is 17.9 Å². The molecule has 0 saturated heterocycles. The zero-order chi connectivity index (χ0) is 15.7. The van der Waals surface area contributed by atoms with Crippen molar-refractivity contribution in [3.63, 3.8) is 0 Å². The van der Waals surface area contributed by atoms with Gasteiger partial charge in [0.25, 0.3) is 9.05 Å². The second kappa shape index (κ2) is 5.85. The molecule has 0 aromatic heterocycles. The Morgan fingerprint density at radius 3 is 2.57 bits per heavy atom. The minimum atomic E-state index is -3.92. The molecule has 1 aliphatic rings. The number of hydrogen-bond donors (Lipinski definition) is 1. The Bertz CT molecular complexity index is 653. The number of methoxy groups -OCH3 is 1. The van der Waals surface area contributed by atoms with E-state index >= 15 is 0 Å². The normalized spacial score (nSPS) is 16.9. The van der Waals surface area contributed by atoms with Gasteiger partial charge in [-0.2, -0.15) is 0 Å². The molecule has 1 aliphatic carbocycles. The van der Waals surface area contributed by atoms with Crippen LogP contribution in [0.4, 0.5) is 0 Å². The second-order valence-electron chi connectivity index (χ2n) is 5.56. The molecule has 0 bridgehead atoms. The van der Waals surface area contributed by atoms with Gasteiger partial charge in [-0.25, -0.2) is 8.42 Å². The number of carbonyl (C=O) groups is 1. The van der Waals surface area contributed by atoms with Crippen LogP contribution in [0.2, 0.25) is 0 Å². The van der Waals surface area contributed by atoms with Gasteiger partial charge in [-0.1, -0.05) is 6.07 Å². The van der Waals surface area contributed by atoms with Crippen molar-refractivity contribution in [2.45, 2.75) is 43.0 Å². The quantitative estimate of drug-likeness (QED) is 0.840. The van der Waals surface area contributed by atoms with Crippen LogP contribution in [0.15, 0.2) is 23.1 Å². The third kappa shape index (κ3) is 3.89. The molecule has 21 heavy (non-hydrogen) atoms. The Kier molecular flexibility index (Phi) is 4.49. The second-order valence-corrected chi connectivity index (χ2v) is 8.10. The highest BCUT2D eigenvalue weighted by Gasteiger charge is 2.33. The van der Waals surface area contributed by atoms with Crippen LogP contribution in [0.1, 0.15) is 31.7 Å². The van der Waals surface area contributed by atoms with Crippen LogP contribution < -0.4 is 10.1 Å². The largest absolute Gasteiger partial charge is 0.495 e. The maximum atomic E-state index is 12.0. The van der Waals surface area contributed by atoms with Gasteiger partial charge in [0.1, 0.15) is 10.6 Å². The topological polar surface area (TPSA) is 72.5 Å². The number of amides is 1. The summed E-state index contributed by atoms with van der Waals surface area (Å²) in [5, 5.41) is 2.98. The summed E-state index contributed by atoms with van der Waals surface area (Å²) in [5.74, 6) is 0.0420. The lowest BCUT2D eigenvalue weighted by atomic mass is 9.78. The Labute approximate surface area is 129 Å². The summed E-state index contributed by atoms with van der Waals surface area (Å²) in [7, 11) is 2.83. The fourth-order valence-corrected chi connectivity index (χ4v) is 3.47. The molecule has 1 aromatic carbocycles. The van der Waals surface area contributed by atoms with Crippen LogP contribution in [-0.4, -0.2) is 27.0 Å². The van der Waals surface area contributed by atoms with Gasteiger partial charge in [-0.15, -0.1) is 0 Å². The number of rotatable bonds is 5. The van der Waals surface area contributed by atoms with Crippen molar-refractivity contribution in [2.24, 2.45) is 0 Å². The van der Waals surface area contributed by atoms with Crippen molar-refractivity contribution >= 4 is 25.6 Å². The molecule has 5 nitrogen and oxygen atoms in total. The molecule has 1 saturated carbocycles. The fraction of sp³-hybridized carbons (Fsp3) is 0.500. The third-order valence-electron chi connectivity index (χ3n) is 3.75. The molecular formula is C14H18ClNO4S. The first kappa shape index (κ1) is 16.1. The molecule has 116 valence electrons. The van der Waals surface area contributed by atoms with Gasteiger partial charge in [0.2, 0.25) is 5.91 Å². The maximum Gasteiger partial charge on any atom is 0.264 e. The van der Waals surface area contributed by atoms with Crippen LogP contribution in [-0.2, 0) is 20.3 Å². The van der Waals surface area contributed by atoms with E-state index in [-0.39, 0.29) is 28.5 Å². The highest BCUT2D eigenvalue weighted by atomic mass is 35.7. The van der Waals surface area contributed by atoms with Crippen molar-refractivity contribution in [3.8, 4) is 5.75 Å². The lowest BCUT2D eigenvalue weighted by Crippen LogP contribution is -2.51. The molecule has 0 spiro atoms. The van der Waals surface area contributed by atoms with Gasteiger partial charge >= 0.3 is 0 Å². The molecule has 1 fully saturated rings. The van der Waals surface area contributed by atoms with Crippen molar-refractivity contribution in [3.05, 3.63) is 23.8 Å². The molecule has 7 heteroatoms. The molecule has 1 aromatic rings. The van der Waals surface area contributed by atoms with Crippen LogP contribution in [0, 0.1) is 0 Å². The van der Waals surface area contributed by atoms with Gasteiger partial charge in [0.15, 0.2) is 0 Å². The number of carbonyl (C=O) groups excluding carboxylic acids is 1. The van der Waals surface area contributed by atoms with Crippen LogP contribution in [0.5, 0.6) is 5.75 Å². The first-order valence-corrected chi connectivity index (χ1v) is 8.97. The smallest absolute Gasteiger partial charge is 0.264 e. The molecule has 0 radical (unpaired) electrons. The molecule has 0 unspecified atom stereocenters. The van der Waals surface area contributed by atoms with E-state index in [0.29, 0.717) is 5.56 Å². The van der Waals surface area contributed by atoms with Gasteiger partial charge in [0.05, 0.1) is 13.5 Å². The average molecular weight is 332 g/mol. The highest BCUT2D eigenvalue weighted by molar-refractivity contribution is 8.13. The monoisotopic (exact) mass is 331 g/mol. The lowest BCUT2D eigenvalue weighted by Gasteiger charge is -2.39. The summed E-state index contributed by atoms with van der Waals surface area (Å²) < 4.78 is 28.0. The summed E-state index contributed by atoms with van der Waals surface area (Å²) in [6, 6.07) is 4.54. The summed E-state index contributed by atoms with van der Waals surface area (Å²) in [4.78, 5) is 11.9. The minimum Gasteiger partial charge on any atom is -0.495 e. The summed E-state index contributed by atoms with van der Waals surface area (Å²) in [6.07, 6.45) is 3.18. The zero-order valence-electron chi connectivity index (χ0n) is 12.0. The maximum absolute atomic E-state index is 12.0. The molecule has 1 N–H and O–H groups in total. The third-order valence-corrected chi connectivity index (χ3v) is 5.10. The van der Waals surface area contributed by atoms with Crippen LogP contribution in [0.3, 0.4) is 0 Å². The number of nitrogens with one attached hydrogen (secondary N) is 1. The van der Waals surface area contributed by atoms with Crippen molar-refractivity contribution in [1.82, 2.24) is 5.32 Å². The molecule has 1 amide bonds. The predicted octanol–water partition coefficient (Wildman–Crippen LogP) is 2.22. The Morgan fingerprint density at radius 1 is 1.43 bits per heavy atom. The molecule has 0 aliphatic heterocycles. The van der Waals surface area contributed by atoms with Crippen LogP contribution >= 0.6 is 10.7 Å².